The fraction of sp³-hybridized carbons (Fsp3) is 0.263. The number of primary amides is 1. The second-order valence-electron chi connectivity index (χ2n) is 5.69. The molecule has 25 heavy (non-hydrogen) atoms. The van der Waals surface area contributed by atoms with Crippen molar-refractivity contribution in [1.29, 1.82) is 0 Å². The molecular formula is C19H23N3O3. The van der Waals surface area contributed by atoms with Crippen LogP contribution in [0, 0.1) is 6.92 Å². The van der Waals surface area contributed by atoms with Gasteiger partial charge in [-0.2, -0.15) is 0 Å². The van der Waals surface area contributed by atoms with Crippen LogP contribution in [0.15, 0.2) is 42.5 Å². The monoisotopic (exact) mass is 341 g/mol. The topological polar surface area (TPSA) is 93.4 Å². The molecule has 2 aromatic carbocycles. The third kappa shape index (κ3) is 5.53. The number of carbonyl (C=O) groups excluding carboxylic acids is 2. The largest absolute Gasteiger partial charge is 0.494 e. The van der Waals surface area contributed by atoms with Crippen molar-refractivity contribution >= 4 is 17.6 Å². The van der Waals surface area contributed by atoms with Crippen LogP contribution < -0.4 is 21.1 Å². The molecule has 0 aromatic heterocycles. The highest BCUT2D eigenvalue weighted by atomic mass is 16.5. The second-order valence-corrected chi connectivity index (χ2v) is 5.69. The lowest BCUT2D eigenvalue weighted by Crippen LogP contribution is -2.28. The van der Waals surface area contributed by atoms with Crippen LogP contribution in [0.3, 0.4) is 0 Å². The fourth-order valence-electron chi connectivity index (χ4n) is 2.25. The number of hydrogen-bond acceptors (Lipinski definition) is 3. The standard InChI is InChI=1S/C19H23N3O3/c1-3-10-25-17-9-6-15(13(2)11-17)12-21-19(24)22-16-7-4-14(5-8-16)18(20)23/h4-9,11H,3,10,12H2,1-2H3,(H2,20,23)(H2,21,22,24). The Kier molecular flexibility index (Phi) is 6.39. The Hall–Kier alpha value is -3.02. The molecule has 2 rings (SSSR count). The summed E-state index contributed by atoms with van der Waals surface area (Å²) in [6.45, 7) is 5.14. The first-order valence-electron chi connectivity index (χ1n) is 8.16. The zero-order valence-corrected chi connectivity index (χ0v) is 14.5. The van der Waals surface area contributed by atoms with Gasteiger partial charge in [0.25, 0.3) is 0 Å². The molecule has 0 atom stereocenters. The number of anilines is 1. The normalized spacial score (nSPS) is 10.2. The Morgan fingerprint density at radius 2 is 1.84 bits per heavy atom. The molecule has 0 fully saturated rings. The van der Waals surface area contributed by atoms with Gasteiger partial charge in [-0.1, -0.05) is 13.0 Å². The molecule has 0 aliphatic heterocycles. The molecule has 0 bridgehead atoms. The quantitative estimate of drug-likeness (QED) is 0.722. The molecule has 0 saturated heterocycles. The van der Waals surface area contributed by atoms with E-state index in [2.05, 4.69) is 17.6 Å². The van der Waals surface area contributed by atoms with Crippen molar-refractivity contribution in [2.75, 3.05) is 11.9 Å². The highest BCUT2D eigenvalue weighted by Gasteiger charge is 2.06. The Morgan fingerprint density at radius 1 is 1.12 bits per heavy atom. The van der Waals surface area contributed by atoms with E-state index in [9.17, 15) is 9.59 Å². The van der Waals surface area contributed by atoms with E-state index in [1.54, 1.807) is 24.3 Å². The van der Waals surface area contributed by atoms with Gasteiger partial charge in [0, 0.05) is 17.8 Å². The van der Waals surface area contributed by atoms with E-state index < -0.39 is 5.91 Å². The van der Waals surface area contributed by atoms with Crippen LogP contribution >= 0.6 is 0 Å². The summed E-state index contributed by atoms with van der Waals surface area (Å²) in [6.07, 6.45) is 0.961. The van der Waals surface area contributed by atoms with E-state index in [0.29, 0.717) is 24.4 Å². The molecular weight excluding hydrogens is 318 g/mol. The number of carbonyl (C=O) groups is 2. The van der Waals surface area contributed by atoms with Gasteiger partial charge in [0.1, 0.15) is 5.75 Å². The second kappa shape index (κ2) is 8.73. The lowest BCUT2D eigenvalue weighted by Gasteiger charge is -2.11. The number of ether oxygens (including phenoxy) is 1. The van der Waals surface area contributed by atoms with Crippen LogP contribution in [0.4, 0.5) is 10.5 Å². The van der Waals surface area contributed by atoms with Crippen molar-refractivity contribution < 1.29 is 14.3 Å². The van der Waals surface area contributed by atoms with Crippen molar-refractivity contribution in [3.63, 3.8) is 0 Å². The van der Waals surface area contributed by atoms with Gasteiger partial charge in [-0.25, -0.2) is 4.79 Å². The zero-order valence-electron chi connectivity index (χ0n) is 14.5. The first kappa shape index (κ1) is 18.3. The number of amides is 3. The van der Waals surface area contributed by atoms with Crippen molar-refractivity contribution in [2.24, 2.45) is 5.73 Å². The van der Waals surface area contributed by atoms with E-state index in [0.717, 1.165) is 23.3 Å². The van der Waals surface area contributed by atoms with E-state index in [1.165, 1.54) is 0 Å². The summed E-state index contributed by atoms with van der Waals surface area (Å²) in [5.74, 6) is 0.333. The molecule has 0 saturated carbocycles. The van der Waals surface area contributed by atoms with E-state index in [1.807, 2.05) is 25.1 Å². The van der Waals surface area contributed by atoms with Crippen molar-refractivity contribution in [2.45, 2.75) is 26.8 Å². The van der Waals surface area contributed by atoms with Gasteiger partial charge in [0.2, 0.25) is 5.91 Å². The molecule has 0 aliphatic carbocycles. The van der Waals surface area contributed by atoms with Gasteiger partial charge in [-0.3, -0.25) is 4.79 Å². The van der Waals surface area contributed by atoms with Crippen molar-refractivity contribution in [3.05, 3.63) is 59.2 Å². The SMILES string of the molecule is CCCOc1ccc(CNC(=O)Nc2ccc(C(N)=O)cc2)c(C)c1. The molecule has 0 heterocycles. The Morgan fingerprint density at radius 3 is 2.44 bits per heavy atom. The zero-order chi connectivity index (χ0) is 18.2. The van der Waals surface area contributed by atoms with Gasteiger partial charge in [-0.15, -0.1) is 0 Å². The molecule has 0 unspecified atom stereocenters. The number of rotatable bonds is 7. The smallest absolute Gasteiger partial charge is 0.319 e. The molecule has 4 N–H and O–H groups in total. The number of benzene rings is 2. The number of aryl methyl sites for hydroxylation is 1. The first-order chi connectivity index (χ1) is 12.0. The summed E-state index contributed by atoms with van der Waals surface area (Å²) in [5.41, 5.74) is 8.23. The number of nitrogens with one attached hydrogen (secondary N) is 2. The van der Waals surface area contributed by atoms with Gasteiger partial charge in [0.15, 0.2) is 0 Å². The van der Waals surface area contributed by atoms with Crippen LogP contribution in [0.1, 0.15) is 34.8 Å². The number of urea groups is 1. The fourth-order valence-corrected chi connectivity index (χ4v) is 2.25. The number of hydrogen-bond donors (Lipinski definition) is 3. The molecule has 0 radical (unpaired) electrons. The summed E-state index contributed by atoms with van der Waals surface area (Å²) in [7, 11) is 0. The van der Waals surface area contributed by atoms with E-state index >= 15 is 0 Å². The summed E-state index contributed by atoms with van der Waals surface area (Å²) >= 11 is 0. The number of nitrogens with two attached hydrogens (primary N) is 1. The summed E-state index contributed by atoms with van der Waals surface area (Å²) in [4.78, 5) is 23.0. The van der Waals surface area contributed by atoms with Crippen molar-refractivity contribution in [3.8, 4) is 5.75 Å². The van der Waals surface area contributed by atoms with Gasteiger partial charge in [-0.05, 0) is 60.9 Å². The predicted molar refractivity (Wildman–Crippen MR) is 97.8 cm³/mol. The molecule has 0 spiro atoms. The Labute approximate surface area is 147 Å². The van der Waals surface area contributed by atoms with E-state index in [4.69, 9.17) is 10.5 Å². The maximum atomic E-state index is 12.0. The molecule has 3 amide bonds. The molecule has 6 heteroatoms. The van der Waals surface area contributed by atoms with Crippen LogP contribution in [0.2, 0.25) is 0 Å². The minimum atomic E-state index is -0.502. The molecule has 2 aromatic rings. The minimum Gasteiger partial charge on any atom is -0.494 e. The van der Waals surface area contributed by atoms with Crippen LogP contribution in [0.5, 0.6) is 5.75 Å². The lowest BCUT2D eigenvalue weighted by molar-refractivity contribution is 0.100. The average Bonchev–Trinajstić information content (AvgIpc) is 2.59. The van der Waals surface area contributed by atoms with Crippen LogP contribution in [-0.2, 0) is 6.54 Å². The maximum Gasteiger partial charge on any atom is 0.319 e. The predicted octanol–water partition coefficient (Wildman–Crippen LogP) is 3.20. The first-order valence-corrected chi connectivity index (χ1v) is 8.16. The lowest BCUT2D eigenvalue weighted by atomic mass is 10.1. The van der Waals surface area contributed by atoms with Gasteiger partial charge < -0.3 is 21.1 Å². The minimum absolute atomic E-state index is 0.322. The van der Waals surface area contributed by atoms with Gasteiger partial charge >= 0.3 is 6.03 Å². The molecule has 6 nitrogen and oxygen atoms in total. The summed E-state index contributed by atoms with van der Waals surface area (Å²) in [6, 6.07) is 11.9. The maximum absolute atomic E-state index is 12.0. The average molecular weight is 341 g/mol. The molecule has 132 valence electrons. The van der Waals surface area contributed by atoms with Gasteiger partial charge in [0.05, 0.1) is 6.61 Å². The highest BCUT2D eigenvalue weighted by Crippen LogP contribution is 2.17. The van der Waals surface area contributed by atoms with E-state index in [-0.39, 0.29) is 6.03 Å². The molecule has 0 aliphatic rings. The Balaban J connectivity index is 1.88. The van der Waals surface area contributed by atoms with Crippen LogP contribution in [0.25, 0.3) is 0 Å². The summed E-state index contributed by atoms with van der Waals surface area (Å²) in [5, 5.41) is 5.52. The van der Waals surface area contributed by atoms with Crippen LogP contribution in [-0.4, -0.2) is 18.5 Å². The third-order valence-corrected chi connectivity index (χ3v) is 3.65. The van der Waals surface area contributed by atoms with Crippen molar-refractivity contribution in [1.82, 2.24) is 5.32 Å². The summed E-state index contributed by atoms with van der Waals surface area (Å²) < 4.78 is 5.59. The third-order valence-electron chi connectivity index (χ3n) is 3.65. The highest BCUT2D eigenvalue weighted by molar-refractivity contribution is 5.94. The Bertz CT molecular complexity index is 742.